The Kier molecular flexibility index (Phi) is 4.47. The Hall–Kier alpha value is -3.05. The number of fused-ring (bicyclic) bond motifs is 1. The number of rotatable bonds is 4. The average Bonchev–Trinajstić information content (AvgIpc) is 2.85. The van der Waals surface area contributed by atoms with Gasteiger partial charge in [-0.1, -0.05) is 38.1 Å². The minimum absolute atomic E-state index is 0.0490. The number of carbonyl (C=O) groups is 2. The van der Waals surface area contributed by atoms with Crippen molar-refractivity contribution < 1.29 is 9.59 Å². The van der Waals surface area contributed by atoms with Gasteiger partial charge in [0.25, 0.3) is 0 Å². The monoisotopic (exact) mass is 377 g/mol. The summed E-state index contributed by atoms with van der Waals surface area (Å²) in [6.45, 7) is 6.41. The first-order valence-corrected chi connectivity index (χ1v) is 9.55. The van der Waals surface area contributed by atoms with Gasteiger partial charge in [-0.05, 0) is 35.3 Å². The summed E-state index contributed by atoms with van der Waals surface area (Å²) >= 11 is 0. The van der Waals surface area contributed by atoms with Gasteiger partial charge in [0.2, 0.25) is 11.8 Å². The van der Waals surface area contributed by atoms with Crippen LogP contribution in [0.1, 0.15) is 20.3 Å². The molecule has 3 aliphatic rings. The number of benzene rings is 1. The first kappa shape index (κ1) is 18.3. The van der Waals surface area contributed by atoms with Crippen molar-refractivity contribution in [1.82, 2.24) is 4.90 Å². The summed E-state index contributed by atoms with van der Waals surface area (Å²) in [6, 6.07) is 10.3. The molecule has 7 heteroatoms. The van der Waals surface area contributed by atoms with Crippen LogP contribution in [0.2, 0.25) is 0 Å². The van der Waals surface area contributed by atoms with E-state index in [1.807, 2.05) is 36.9 Å². The van der Waals surface area contributed by atoms with E-state index in [2.05, 4.69) is 27.1 Å². The Labute approximate surface area is 163 Å². The topological polar surface area (TPSA) is 89.4 Å². The normalized spacial score (nSPS) is 23.4. The van der Waals surface area contributed by atoms with Gasteiger partial charge in [-0.25, -0.2) is 0 Å². The minimum Gasteiger partial charge on any atom is -0.371 e. The average molecular weight is 377 g/mol. The van der Waals surface area contributed by atoms with Gasteiger partial charge in [-0.2, -0.15) is 0 Å². The summed E-state index contributed by atoms with van der Waals surface area (Å²) in [4.78, 5) is 31.8. The first-order valence-electron chi connectivity index (χ1n) is 9.55. The lowest BCUT2D eigenvalue weighted by molar-refractivity contribution is -0.135. The van der Waals surface area contributed by atoms with Crippen LogP contribution < -0.4 is 4.90 Å². The van der Waals surface area contributed by atoms with Crippen molar-refractivity contribution in [2.24, 2.45) is 22.4 Å². The van der Waals surface area contributed by atoms with E-state index in [9.17, 15) is 9.59 Å². The third kappa shape index (κ3) is 2.98. The van der Waals surface area contributed by atoms with Crippen LogP contribution >= 0.6 is 0 Å². The molecule has 1 atom stereocenters. The predicted octanol–water partition coefficient (Wildman–Crippen LogP) is 3.66. The Balaban J connectivity index is 1.51. The van der Waals surface area contributed by atoms with E-state index >= 15 is 0 Å². The van der Waals surface area contributed by atoms with Gasteiger partial charge in [-0.15, -0.1) is 0 Å². The number of amides is 2. The standard InChI is InChI=1S/C21H23N5O2/c1-21(2)17-9-8-15(19(27)23-24-22)10-18(17)26(20(21)28)13-14-11-25(12-14)16-6-4-3-5-7-16/h3-8,10,14,17H,9,11-13H2,1-2H3. The van der Waals surface area contributed by atoms with Crippen LogP contribution in [0.25, 0.3) is 10.4 Å². The molecule has 1 aliphatic carbocycles. The van der Waals surface area contributed by atoms with Crippen LogP contribution in [0.5, 0.6) is 0 Å². The first-order chi connectivity index (χ1) is 13.4. The Morgan fingerprint density at radius 1 is 1.29 bits per heavy atom. The lowest BCUT2D eigenvalue weighted by Gasteiger charge is -2.43. The minimum atomic E-state index is -0.593. The second-order valence-electron chi connectivity index (χ2n) is 8.26. The Morgan fingerprint density at radius 3 is 2.68 bits per heavy atom. The lowest BCUT2D eigenvalue weighted by atomic mass is 9.76. The maximum Gasteiger partial charge on any atom is 0.248 e. The van der Waals surface area contributed by atoms with Crippen molar-refractivity contribution >= 4 is 17.5 Å². The zero-order valence-corrected chi connectivity index (χ0v) is 16.1. The van der Waals surface area contributed by atoms with E-state index in [0.717, 1.165) is 18.8 Å². The van der Waals surface area contributed by atoms with Crippen LogP contribution in [0.3, 0.4) is 0 Å². The SMILES string of the molecule is CC1(C)C(=O)N(CC2CN(c3ccccc3)C2)C2=CC(C(=O)N=[N+]=[N-])=CCC21. The van der Waals surface area contributed by atoms with Crippen LogP contribution in [0.15, 0.2) is 58.9 Å². The van der Waals surface area contributed by atoms with E-state index in [1.54, 1.807) is 12.2 Å². The molecule has 0 radical (unpaired) electrons. The second-order valence-corrected chi connectivity index (χ2v) is 8.26. The van der Waals surface area contributed by atoms with Gasteiger partial charge in [0.05, 0.1) is 5.41 Å². The summed E-state index contributed by atoms with van der Waals surface area (Å²) in [5, 5.41) is 3.19. The van der Waals surface area contributed by atoms with Crippen molar-refractivity contribution in [3.63, 3.8) is 0 Å². The number of anilines is 1. The molecule has 2 heterocycles. The molecule has 28 heavy (non-hydrogen) atoms. The molecule has 0 saturated carbocycles. The van der Waals surface area contributed by atoms with E-state index in [1.165, 1.54) is 5.69 Å². The largest absolute Gasteiger partial charge is 0.371 e. The molecule has 7 nitrogen and oxygen atoms in total. The number of carbonyl (C=O) groups excluding carboxylic acids is 2. The van der Waals surface area contributed by atoms with E-state index in [0.29, 0.717) is 24.5 Å². The maximum absolute atomic E-state index is 13.1. The molecule has 0 bridgehead atoms. The number of para-hydroxylation sites is 1. The fraction of sp³-hybridized carbons (Fsp3) is 0.429. The third-order valence-corrected chi connectivity index (χ3v) is 6.11. The van der Waals surface area contributed by atoms with Crippen molar-refractivity contribution in [3.8, 4) is 0 Å². The van der Waals surface area contributed by atoms with Crippen LogP contribution in [0, 0.1) is 17.3 Å². The molecule has 2 fully saturated rings. The molecule has 1 aromatic carbocycles. The van der Waals surface area contributed by atoms with Crippen LogP contribution in [-0.2, 0) is 9.59 Å². The number of allylic oxidation sites excluding steroid dienone is 2. The van der Waals surface area contributed by atoms with Gasteiger partial charge in [-0.3, -0.25) is 9.59 Å². The highest BCUT2D eigenvalue weighted by Gasteiger charge is 2.51. The molecule has 4 rings (SSSR count). The predicted molar refractivity (Wildman–Crippen MR) is 106 cm³/mol. The van der Waals surface area contributed by atoms with Crippen molar-refractivity contribution in [1.29, 1.82) is 0 Å². The van der Waals surface area contributed by atoms with Crippen molar-refractivity contribution in [3.05, 3.63) is 64.2 Å². The number of azide groups is 1. The molecule has 1 unspecified atom stereocenters. The molecule has 2 amide bonds. The molecule has 2 aliphatic heterocycles. The molecule has 1 aromatic rings. The molecule has 0 aromatic heterocycles. The van der Waals surface area contributed by atoms with Crippen LogP contribution in [-0.4, -0.2) is 36.3 Å². The van der Waals surface area contributed by atoms with E-state index in [4.69, 9.17) is 5.53 Å². The summed E-state index contributed by atoms with van der Waals surface area (Å²) < 4.78 is 0. The van der Waals surface area contributed by atoms with Gasteiger partial charge >= 0.3 is 0 Å². The summed E-state index contributed by atoms with van der Waals surface area (Å²) in [5.41, 5.74) is 10.5. The smallest absolute Gasteiger partial charge is 0.248 e. The highest BCUT2D eigenvalue weighted by atomic mass is 16.2. The highest BCUT2D eigenvalue weighted by Crippen LogP contribution is 2.48. The van der Waals surface area contributed by atoms with Gasteiger partial charge < -0.3 is 9.80 Å². The molecule has 0 spiro atoms. The molecular formula is C21H23N5O2. The third-order valence-electron chi connectivity index (χ3n) is 6.11. The number of hydrogen-bond donors (Lipinski definition) is 0. The van der Waals surface area contributed by atoms with E-state index < -0.39 is 11.3 Å². The highest BCUT2D eigenvalue weighted by molar-refractivity contribution is 5.98. The number of hydrogen-bond acceptors (Lipinski definition) is 3. The molecule has 144 valence electrons. The number of nitrogens with zero attached hydrogens (tertiary/aromatic N) is 5. The van der Waals surface area contributed by atoms with Gasteiger partial charge in [0.15, 0.2) is 0 Å². The molecule has 0 N–H and O–H groups in total. The fourth-order valence-corrected chi connectivity index (χ4v) is 4.46. The number of likely N-dealkylation sites (tertiary alicyclic amines) is 1. The fourth-order valence-electron chi connectivity index (χ4n) is 4.46. The van der Waals surface area contributed by atoms with Crippen molar-refractivity contribution in [2.75, 3.05) is 24.5 Å². The second kappa shape index (κ2) is 6.84. The Bertz CT molecular complexity index is 921. The molecular weight excluding hydrogens is 354 g/mol. The Morgan fingerprint density at radius 2 is 2.00 bits per heavy atom. The quantitative estimate of drug-likeness (QED) is 0.456. The summed E-state index contributed by atoms with van der Waals surface area (Å²) in [7, 11) is 0. The van der Waals surface area contributed by atoms with Gasteiger partial charge in [0.1, 0.15) is 0 Å². The van der Waals surface area contributed by atoms with Gasteiger partial charge in [0, 0.05) is 53.3 Å². The zero-order chi connectivity index (χ0) is 19.9. The van der Waals surface area contributed by atoms with E-state index in [-0.39, 0.29) is 11.8 Å². The summed E-state index contributed by atoms with van der Waals surface area (Å²) in [6.07, 6.45) is 4.12. The van der Waals surface area contributed by atoms with Crippen molar-refractivity contribution in [2.45, 2.75) is 20.3 Å². The van der Waals surface area contributed by atoms with Crippen LogP contribution in [0.4, 0.5) is 5.69 Å². The maximum atomic E-state index is 13.1. The lowest BCUT2D eigenvalue weighted by Crippen LogP contribution is -2.52. The zero-order valence-electron chi connectivity index (χ0n) is 16.1. The molecule has 2 saturated heterocycles. The summed E-state index contributed by atoms with van der Waals surface area (Å²) in [5.74, 6) is -0.0491.